The second-order valence-corrected chi connectivity index (χ2v) is 7.02. The Morgan fingerprint density at radius 2 is 1.67 bits per heavy atom. The molecular weight excluding hydrogens is 412 g/mol. The van der Waals surface area contributed by atoms with Crippen LogP contribution in [0.5, 0.6) is 0 Å². The number of carboxylic acid groups (broad SMARTS) is 1. The second kappa shape index (κ2) is 8.14. The second-order valence-electron chi connectivity index (χ2n) is 7.02. The van der Waals surface area contributed by atoms with Crippen molar-refractivity contribution < 1.29 is 36.2 Å². The zero-order chi connectivity index (χ0) is 22.1. The number of carbonyl (C=O) groups is 1. The highest BCUT2D eigenvalue weighted by molar-refractivity contribution is 5.85. The molecule has 30 heavy (non-hydrogen) atoms. The average molecular weight is 429 g/mol. The number of fused-ring (bicyclic) bond motifs is 1. The molecule has 9 heteroatoms. The molecule has 2 aromatic carbocycles. The Balaban J connectivity index is 1.78. The number of alkyl halides is 6. The first kappa shape index (κ1) is 21.9. The van der Waals surface area contributed by atoms with E-state index in [0.29, 0.717) is 18.4 Å². The summed E-state index contributed by atoms with van der Waals surface area (Å²) in [6.45, 7) is -0.155. The lowest BCUT2D eigenvalue weighted by Crippen LogP contribution is -2.20. The molecule has 3 rings (SSSR count). The summed E-state index contributed by atoms with van der Waals surface area (Å²) in [6.07, 6.45) is -6.00. The van der Waals surface area contributed by atoms with Gasteiger partial charge in [-0.15, -0.1) is 0 Å². The lowest BCUT2D eigenvalue weighted by Gasteiger charge is -2.17. The Hall–Kier alpha value is -2.81. The van der Waals surface area contributed by atoms with Crippen molar-refractivity contribution in [2.75, 3.05) is 0 Å². The molecule has 0 bridgehead atoms. The van der Waals surface area contributed by atoms with Crippen LogP contribution in [0.15, 0.2) is 42.5 Å². The Labute approximate surface area is 168 Å². The van der Waals surface area contributed by atoms with Crippen LogP contribution in [0.25, 0.3) is 6.08 Å². The molecule has 0 spiro atoms. The Morgan fingerprint density at radius 3 is 2.23 bits per heavy atom. The van der Waals surface area contributed by atoms with Crippen molar-refractivity contribution in [3.05, 3.63) is 75.9 Å². The van der Waals surface area contributed by atoms with Gasteiger partial charge >= 0.3 is 18.3 Å². The molecule has 2 N–H and O–H groups in total. The summed E-state index contributed by atoms with van der Waals surface area (Å²) in [6, 6.07) is 6.65. The fourth-order valence-corrected chi connectivity index (χ4v) is 3.48. The van der Waals surface area contributed by atoms with Gasteiger partial charge in [-0.3, -0.25) is 0 Å². The maximum atomic E-state index is 13.0. The topological polar surface area (TPSA) is 49.3 Å². The van der Waals surface area contributed by atoms with E-state index in [0.717, 1.165) is 29.3 Å². The third-order valence-corrected chi connectivity index (χ3v) is 4.86. The van der Waals surface area contributed by atoms with Crippen LogP contribution < -0.4 is 5.32 Å². The molecule has 0 saturated carbocycles. The van der Waals surface area contributed by atoms with Crippen molar-refractivity contribution in [2.24, 2.45) is 0 Å². The number of hydrogen-bond donors (Lipinski definition) is 2. The molecule has 1 aliphatic carbocycles. The van der Waals surface area contributed by atoms with E-state index < -0.39 is 29.4 Å². The summed E-state index contributed by atoms with van der Waals surface area (Å²) < 4.78 is 78.0. The molecule has 0 saturated heterocycles. The van der Waals surface area contributed by atoms with Gasteiger partial charge in [-0.25, -0.2) is 4.79 Å². The van der Waals surface area contributed by atoms with Gasteiger partial charge < -0.3 is 10.4 Å². The van der Waals surface area contributed by atoms with Gasteiger partial charge in [-0.1, -0.05) is 18.2 Å². The van der Waals surface area contributed by atoms with Gasteiger partial charge in [0.25, 0.3) is 0 Å². The molecule has 1 unspecified atom stereocenters. The van der Waals surface area contributed by atoms with Gasteiger partial charge in [0.1, 0.15) is 0 Å². The average Bonchev–Trinajstić information content (AvgIpc) is 3.05. The molecule has 0 heterocycles. The Kier molecular flexibility index (Phi) is 5.94. The third kappa shape index (κ3) is 5.21. The number of hydrogen-bond acceptors (Lipinski definition) is 2. The Bertz CT molecular complexity index is 946. The Morgan fingerprint density at radius 1 is 1.03 bits per heavy atom. The van der Waals surface area contributed by atoms with Gasteiger partial charge in [0.2, 0.25) is 0 Å². The predicted octanol–water partition coefficient (Wildman–Crippen LogP) is 5.60. The van der Waals surface area contributed by atoms with Crippen molar-refractivity contribution in [1.29, 1.82) is 0 Å². The summed E-state index contributed by atoms with van der Waals surface area (Å²) in [5.41, 5.74) is -0.228. The standard InChI is InChI=1S/C21H17F6NO2/c22-20(23,24)15-8-13(9-16(10-15)21(25,26)27)11-28-18-5-3-14-7-12(1-4-17(14)18)2-6-19(29)30/h1-2,4,6-10,18,28H,3,5,11H2,(H,29,30)/b6-2+. The van der Waals surface area contributed by atoms with Gasteiger partial charge in [0, 0.05) is 18.7 Å². The molecule has 0 radical (unpaired) electrons. The minimum absolute atomic E-state index is 0.105. The third-order valence-electron chi connectivity index (χ3n) is 4.86. The van der Waals surface area contributed by atoms with E-state index in [4.69, 9.17) is 5.11 Å². The first-order valence-corrected chi connectivity index (χ1v) is 8.99. The van der Waals surface area contributed by atoms with Gasteiger partial charge in [0.15, 0.2) is 0 Å². The number of nitrogens with one attached hydrogen (secondary N) is 1. The maximum absolute atomic E-state index is 13.0. The van der Waals surface area contributed by atoms with Crippen molar-refractivity contribution in [3.8, 4) is 0 Å². The number of carboxylic acids is 1. The van der Waals surface area contributed by atoms with E-state index in [1.165, 1.54) is 6.08 Å². The van der Waals surface area contributed by atoms with Crippen LogP contribution in [0, 0.1) is 0 Å². The smallest absolute Gasteiger partial charge is 0.416 e. The largest absolute Gasteiger partial charge is 0.478 e. The number of benzene rings is 2. The lowest BCUT2D eigenvalue weighted by atomic mass is 10.0. The van der Waals surface area contributed by atoms with Crippen molar-refractivity contribution in [3.63, 3.8) is 0 Å². The highest BCUT2D eigenvalue weighted by atomic mass is 19.4. The first-order chi connectivity index (χ1) is 13.9. The maximum Gasteiger partial charge on any atom is 0.416 e. The van der Waals surface area contributed by atoms with Gasteiger partial charge in [0.05, 0.1) is 11.1 Å². The minimum atomic E-state index is -4.88. The highest BCUT2D eigenvalue weighted by Gasteiger charge is 2.37. The summed E-state index contributed by atoms with van der Waals surface area (Å²) in [5.74, 6) is -1.07. The van der Waals surface area contributed by atoms with E-state index in [9.17, 15) is 31.1 Å². The minimum Gasteiger partial charge on any atom is -0.478 e. The van der Waals surface area contributed by atoms with E-state index >= 15 is 0 Å². The quantitative estimate of drug-likeness (QED) is 0.481. The molecule has 0 aromatic heterocycles. The van der Waals surface area contributed by atoms with Crippen LogP contribution in [0.2, 0.25) is 0 Å². The predicted molar refractivity (Wildman–Crippen MR) is 97.5 cm³/mol. The van der Waals surface area contributed by atoms with Crippen molar-refractivity contribution in [1.82, 2.24) is 5.32 Å². The zero-order valence-electron chi connectivity index (χ0n) is 15.4. The summed E-state index contributed by atoms with van der Waals surface area (Å²) >= 11 is 0. The number of halogens is 6. The molecule has 1 atom stereocenters. The molecule has 0 aliphatic heterocycles. The van der Waals surface area contributed by atoms with Gasteiger partial charge in [-0.2, -0.15) is 26.3 Å². The van der Waals surface area contributed by atoms with Crippen LogP contribution in [-0.2, 0) is 30.1 Å². The van der Waals surface area contributed by atoms with Crippen LogP contribution in [0.1, 0.15) is 45.8 Å². The van der Waals surface area contributed by atoms with E-state index in [1.807, 2.05) is 6.07 Å². The molecule has 3 nitrogen and oxygen atoms in total. The molecule has 2 aromatic rings. The molecular formula is C21H17F6NO2. The van der Waals surface area contributed by atoms with E-state index in [2.05, 4.69) is 5.32 Å². The van der Waals surface area contributed by atoms with Gasteiger partial charge in [-0.05, 0) is 59.4 Å². The molecule has 160 valence electrons. The van der Waals surface area contributed by atoms with Crippen molar-refractivity contribution in [2.45, 2.75) is 37.8 Å². The van der Waals surface area contributed by atoms with Crippen LogP contribution in [0.4, 0.5) is 26.3 Å². The number of rotatable bonds is 5. The zero-order valence-corrected chi connectivity index (χ0v) is 15.4. The molecule has 1 aliphatic rings. The monoisotopic (exact) mass is 429 g/mol. The summed E-state index contributed by atoms with van der Waals surface area (Å²) in [4.78, 5) is 10.6. The first-order valence-electron chi connectivity index (χ1n) is 8.99. The lowest BCUT2D eigenvalue weighted by molar-refractivity contribution is -0.143. The molecule has 0 amide bonds. The summed E-state index contributed by atoms with van der Waals surface area (Å²) in [5, 5.41) is 11.7. The fraction of sp³-hybridized carbons (Fsp3) is 0.286. The number of aliphatic carboxylic acids is 1. The summed E-state index contributed by atoms with van der Waals surface area (Å²) in [7, 11) is 0. The van der Waals surface area contributed by atoms with Crippen LogP contribution in [0.3, 0.4) is 0 Å². The molecule has 0 fully saturated rings. The van der Waals surface area contributed by atoms with Crippen molar-refractivity contribution >= 4 is 12.0 Å². The highest BCUT2D eigenvalue weighted by Crippen LogP contribution is 2.37. The fourth-order valence-electron chi connectivity index (χ4n) is 3.48. The SMILES string of the molecule is O=C(O)/C=C/c1ccc2c(c1)CCC2NCc1cc(C(F)(F)F)cc(C(F)(F)F)c1. The number of aryl methyl sites for hydroxylation is 1. The van der Waals surface area contributed by atoms with Crippen LogP contribution >= 0.6 is 0 Å². The van der Waals surface area contributed by atoms with E-state index in [-0.39, 0.29) is 24.2 Å². The van der Waals surface area contributed by atoms with E-state index in [1.54, 1.807) is 12.1 Å². The normalized spacial score (nSPS) is 16.8. The van der Waals surface area contributed by atoms with Crippen LogP contribution in [-0.4, -0.2) is 11.1 Å².